The van der Waals surface area contributed by atoms with Crippen LogP contribution in [0, 0.1) is 0 Å². The first-order valence-corrected chi connectivity index (χ1v) is 16.3. The number of nitrogens with one attached hydrogen (secondary N) is 1. The number of sulfonamides is 1. The van der Waals surface area contributed by atoms with Crippen molar-refractivity contribution in [2.75, 3.05) is 82.6 Å². The third-order valence-corrected chi connectivity index (χ3v) is 8.16. The van der Waals surface area contributed by atoms with E-state index in [-0.39, 0.29) is 6.54 Å². The maximum Gasteiger partial charge on any atom is 0.222 e. The molecule has 2 aromatic carbocycles. The fourth-order valence-electron chi connectivity index (χ4n) is 5.30. The number of nitrogens with zero attached hydrogens (tertiary/aromatic N) is 4. The number of aryl methyl sites for hydroxylation is 1. The number of aromatic nitrogens is 2. The highest BCUT2D eigenvalue weighted by Gasteiger charge is 2.27. The van der Waals surface area contributed by atoms with Gasteiger partial charge in [-0.2, -0.15) is 4.98 Å². The zero-order chi connectivity index (χ0) is 29.4. The summed E-state index contributed by atoms with van der Waals surface area (Å²) in [4.78, 5) is 14.1. The Morgan fingerprint density at radius 3 is 2.45 bits per heavy atom. The van der Waals surface area contributed by atoms with Crippen LogP contribution >= 0.6 is 0 Å². The lowest BCUT2D eigenvalue weighted by Crippen LogP contribution is -2.48. The quantitative estimate of drug-likeness (QED) is 0.267. The maximum absolute atomic E-state index is 11.0. The van der Waals surface area contributed by atoms with Gasteiger partial charge in [-0.3, -0.25) is 4.90 Å². The van der Waals surface area contributed by atoms with Crippen LogP contribution < -0.4 is 20.1 Å². The second kappa shape index (κ2) is 14.3. The molecule has 2 heterocycles. The van der Waals surface area contributed by atoms with Gasteiger partial charge in [-0.25, -0.2) is 18.1 Å². The Balaban J connectivity index is 1.10. The Morgan fingerprint density at radius 1 is 0.929 bits per heavy atom. The molecule has 1 aliphatic heterocycles. The van der Waals surface area contributed by atoms with Crippen molar-refractivity contribution >= 4 is 21.8 Å². The molecule has 11 nitrogen and oxygen atoms in total. The molecule has 0 amide bonds. The van der Waals surface area contributed by atoms with Crippen molar-refractivity contribution in [2.24, 2.45) is 0 Å². The summed E-state index contributed by atoms with van der Waals surface area (Å²) in [5.41, 5.74) is 11.8. The van der Waals surface area contributed by atoms with Gasteiger partial charge in [0.2, 0.25) is 16.0 Å². The highest BCUT2D eigenvalue weighted by Crippen LogP contribution is 2.38. The van der Waals surface area contributed by atoms with Crippen LogP contribution in [0.25, 0.3) is 11.3 Å². The van der Waals surface area contributed by atoms with Crippen LogP contribution in [0.4, 0.5) is 11.8 Å². The second-order valence-electron chi connectivity index (χ2n) is 10.5. The molecule has 1 aliphatic carbocycles. The van der Waals surface area contributed by atoms with Gasteiger partial charge in [-0.05, 0) is 42.2 Å². The number of nitrogens with two attached hydrogens (primary N) is 1. The van der Waals surface area contributed by atoms with Gasteiger partial charge < -0.3 is 24.8 Å². The average molecular weight is 597 g/mol. The van der Waals surface area contributed by atoms with Crippen LogP contribution in [0.3, 0.4) is 0 Å². The lowest BCUT2D eigenvalue weighted by atomic mass is 9.88. The lowest BCUT2D eigenvalue weighted by molar-refractivity contribution is 0.0399. The van der Waals surface area contributed by atoms with E-state index in [1.165, 1.54) is 5.56 Å². The highest BCUT2D eigenvalue weighted by molar-refractivity contribution is 7.88. The molecule has 0 saturated carbocycles. The van der Waals surface area contributed by atoms with Crippen molar-refractivity contribution in [3.8, 4) is 17.0 Å². The largest absolute Gasteiger partial charge is 0.489 e. The fraction of sp³-hybridized carbons (Fsp3) is 0.467. The average Bonchev–Trinajstić information content (AvgIpc) is 2.99. The molecule has 42 heavy (non-hydrogen) atoms. The summed E-state index contributed by atoms with van der Waals surface area (Å²) in [7, 11) is -3.18. The SMILES string of the molecule is CS(=O)(=O)NCCOCCOCCN1CCN(c2nc(N)nc3c2CCc2cc(OCc4ccccc4)ccc2-3)CC1. The topological polar surface area (TPSA) is 132 Å². The molecule has 1 saturated heterocycles. The zero-order valence-electron chi connectivity index (χ0n) is 24.1. The Hall–Kier alpha value is -3.29. The first-order chi connectivity index (χ1) is 20.4. The molecular weight excluding hydrogens is 556 g/mol. The highest BCUT2D eigenvalue weighted by atomic mass is 32.2. The van der Waals surface area contributed by atoms with Crippen LogP contribution in [0.2, 0.25) is 0 Å². The summed E-state index contributed by atoms with van der Waals surface area (Å²) < 4.78 is 41.6. The van der Waals surface area contributed by atoms with Crippen LogP contribution in [0.5, 0.6) is 5.75 Å². The van der Waals surface area contributed by atoms with Gasteiger partial charge >= 0.3 is 0 Å². The second-order valence-corrected chi connectivity index (χ2v) is 12.4. The van der Waals surface area contributed by atoms with E-state index >= 15 is 0 Å². The molecular formula is C30H40N6O5S. The zero-order valence-corrected chi connectivity index (χ0v) is 24.9. The Morgan fingerprint density at radius 2 is 1.69 bits per heavy atom. The van der Waals surface area contributed by atoms with Gasteiger partial charge in [-0.15, -0.1) is 0 Å². The third kappa shape index (κ3) is 8.39. The predicted molar refractivity (Wildman–Crippen MR) is 163 cm³/mol. The molecule has 226 valence electrons. The van der Waals surface area contributed by atoms with Crippen molar-refractivity contribution in [2.45, 2.75) is 19.4 Å². The number of benzene rings is 2. The Kier molecular flexibility index (Phi) is 10.2. The van der Waals surface area contributed by atoms with Gasteiger partial charge in [0.05, 0.1) is 38.4 Å². The monoisotopic (exact) mass is 596 g/mol. The molecule has 3 N–H and O–H groups in total. The van der Waals surface area contributed by atoms with E-state index in [9.17, 15) is 8.42 Å². The smallest absolute Gasteiger partial charge is 0.222 e. The molecule has 12 heteroatoms. The van der Waals surface area contributed by atoms with Crippen molar-refractivity contribution in [3.63, 3.8) is 0 Å². The van der Waals surface area contributed by atoms with Gasteiger partial charge in [0, 0.05) is 50.4 Å². The predicted octanol–water partition coefficient (Wildman–Crippen LogP) is 2.11. The molecule has 5 rings (SSSR count). The van der Waals surface area contributed by atoms with Crippen LogP contribution in [0.1, 0.15) is 16.7 Å². The number of ether oxygens (including phenoxy) is 3. The summed E-state index contributed by atoms with van der Waals surface area (Å²) >= 11 is 0. The molecule has 0 radical (unpaired) electrons. The van der Waals surface area contributed by atoms with Crippen molar-refractivity contribution in [1.29, 1.82) is 0 Å². The van der Waals surface area contributed by atoms with E-state index in [0.29, 0.717) is 39.0 Å². The van der Waals surface area contributed by atoms with Crippen molar-refractivity contribution < 1.29 is 22.6 Å². The van der Waals surface area contributed by atoms with E-state index in [1.54, 1.807) is 0 Å². The van der Waals surface area contributed by atoms with Gasteiger partial charge in [0.25, 0.3) is 0 Å². The molecule has 0 atom stereocenters. The minimum absolute atomic E-state index is 0.266. The Bertz CT molecular complexity index is 1430. The van der Waals surface area contributed by atoms with E-state index in [0.717, 1.165) is 85.8 Å². The molecule has 0 bridgehead atoms. The summed E-state index contributed by atoms with van der Waals surface area (Å²) in [6.07, 6.45) is 2.89. The van der Waals surface area contributed by atoms with Gasteiger partial charge in [0.1, 0.15) is 18.2 Å². The molecule has 1 aromatic heterocycles. The van der Waals surface area contributed by atoms with Crippen LogP contribution in [-0.4, -0.2) is 95.2 Å². The van der Waals surface area contributed by atoms with E-state index < -0.39 is 10.0 Å². The van der Waals surface area contributed by atoms with Crippen molar-refractivity contribution in [3.05, 3.63) is 65.2 Å². The molecule has 3 aromatic rings. The number of hydrogen-bond acceptors (Lipinski definition) is 10. The van der Waals surface area contributed by atoms with Crippen LogP contribution in [0.15, 0.2) is 48.5 Å². The molecule has 1 fully saturated rings. The number of piperazine rings is 1. The minimum atomic E-state index is -3.18. The number of hydrogen-bond donors (Lipinski definition) is 2. The standard InChI is InChI=1S/C30H40N6O5S/c1-42(37,38)32-11-17-39-19-20-40-18-16-35-12-14-36(15-13-35)29-27-9-7-24-21-25(41-22-23-5-3-2-4-6-23)8-10-26(24)28(27)33-30(31)34-29/h2-6,8,10,21,32H,7,9,11-20,22H2,1H3,(H2,31,33,34). The number of nitrogen functional groups attached to an aromatic ring is 1. The molecule has 2 aliphatic rings. The summed E-state index contributed by atoms with van der Waals surface area (Å²) in [5.74, 6) is 2.11. The first-order valence-electron chi connectivity index (χ1n) is 14.4. The summed E-state index contributed by atoms with van der Waals surface area (Å²) in [5, 5.41) is 0. The van der Waals surface area contributed by atoms with Gasteiger partial charge in [0.15, 0.2) is 0 Å². The lowest BCUT2D eigenvalue weighted by Gasteiger charge is -2.37. The third-order valence-electron chi connectivity index (χ3n) is 7.43. The molecule has 0 spiro atoms. The summed E-state index contributed by atoms with van der Waals surface area (Å²) in [6, 6.07) is 16.4. The van der Waals surface area contributed by atoms with E-state index in [4.69, 9.17) is 24.9 Å². The summed E-state index contributed by atoms with van der Waals surface area (Å²) in [6.45, 7) is 7.05. The molecule has 0 unspecified atom stereocenters. The number of fused-ring (bicyclic) bond motifs is 3. The number of anilines is 2. The van der Waals surface area contributed by atoms with Gasteiger partial charge in [-0.1, -0.05) is 30.3 Å². The maximum atomic E-state index is 11.0. The van der Waals surface area contributed by atoms with Crippen molar-refractivity contribution in [1.82, 2.24) is 19.6 Å². The van der Waals surface area contributed by atoms with Crippen LogP contribution in [-0.2, 0) is 38.9 Å². The van der Waals surface area contributed by atoms with E-state index in [2.05, 4.69) is 43.8 Å². The number of rotatable bonds is 14. The normalized spacial score (nSPS) is 15.3. The minimum Gasteiger partial charge on any atom is -0.489 e. The Labute approximate surface area is 248 Å². The first kappa shape index (κ1) is 30.2. The van der Waals surface area contributed by atoms with E-state index in [1.807, 2.05) is 24.3 Å². The fourth-order valence-corrected chi connectivity index (χ4v) is 5.75.